The average Bonchev–Trinajstić information content (AvgIpc) is 2.33. The maximum atomic E-state index is 12.5. The van der Waals surface area contributed by atoms with Crippen LogP contribution in [0.3, 0.4) is 0 Å². The second kappa shape index (κ2) is 4.54. The van der Waals surface area contributed by atoms with Gasteiger partial charge in [-0.3, -0.25) is 4.79 Å². The highest BCUT2D eigenvalue weighted by molar-refractivity contribution is 9.09. The van der Waals surface area contributed by atoms with Gasteiger partial charge in [-0.2, -0.15) is 0 Å². The molecule has 1 unspecified atom stereocenters. The van der Waals surface area contributed by atoms with E-state index in [-0.39, 0.29) is 11.2 Å². The molecule has 0 aromatic heterocycles. The summed E-state index contributed by atoms with van der Waals surface area (Å²) >= 11 is 3.49. The molecule has 0 amide bonds. The van der Waals surface area contributed by atoms with Gasteiger partial charge in [0.25, 0.3) is 0 Å². The Balaban J connectivity index is 2.43. The minimum Gasteiger partial charge on any atom is -0.294 e. The lowest BCUT2D eigenvalue weighted by Gasteiger charge is -2.34. The fourth-order valence-electron chi connectivity index (χ4n) is 2.39. The Hall–Kier alpha value is -0.890. The van der Waals surface area contributed by atoms with Gasteiger partial charge in [-0.15, -0.1) is 6.58 Å². The number of rotatable bonds is 3. The lowest BCUT2D eigenvalue weighted by atomic mass is 9.70. The van der Waals surface area contributed by atoms with Gasteiger partial charge >= 0.3 is 0 Å². The fourth-order valence-corrected chi connectivity index (χ4v) is 3.15. The standard InChI is InChI=1S/C14H15BrO/c1-2-8-14(10-15)9-7-11-5-3-4-6-12(11)13(14)16/h2-6H,1,7-10H2. The van der Waals surface area contributed by atoms with Gasteiger partial charge in [0.15, 0.2) is 5.78 Å². The topological polar surface area (TPSA) is 17.1 Å². The average molecular weight is 279 g/mol. The van der Waals surface area contributed by atoms with Crippen molar-refractivity contribution in [1.82, 2.24) is 0 Å². The number of halogens is 1. The molecule has 1 aliphatic rings. The molecule has 0 N–H and O–H groups in total. The van der Waals surface area contributed by atoms with Gasteiger partial charge in [-0.25, -0.2) is 0 Å². The van der Waals surface area contributed by atoms with Crippen molar-refractivity contribution in [2.45, 2.75) is 19.3 Å². The van der Waals surface area contributed by atoms with Crippen LogP contribution in [0.25, 0.3) is 0 Å². The van der Waals surface area contributed by atoms with Crippen molar-refractivity contribution in [2.24, 2.45) is 5.41 Å². The van der Waals surface area contributed by atoms with Crippen molar-refractivity contribution in [3.8, 4) is 0 Å². The van der Waals surface area contributed by atoms with Crippen LogP contribution in [0.4, 0.5) is 0 Å². The van der Waals surface area contributed by atoms with Gasteiger partial charge in [0.05, 0.1) is 0 Å². The van der Waals surface area contributed by atoms with Crippen LogP contribution >= 0.6 is 15.9 Å². The second-order valence-corrected chi connectivity index (χ2v) is 4.95. The monoisotopic (exact) mass is 278 g/mol. The Kier molecular flexibility index (Phi) is 3.29. The summed E-state index contributed by atoms with van der Waals surface area (Å²) < 4.78 is 0. The Morgan fingerprint density at radius 1 is 1.44 bits per heavy atom. The number of carbonyl (C=O) groups excluding carboxylic acids is 1. The van der Waals surface area contributed by atoms with Crippen molar-refractivity contribution in [2.75, 3.05) is 5.33 Å². The Labute approximate surface area is 105 Å². The summed E-state index contributed by atoms with van der Waals surface area (Å²) in [6.07, 6.45) is 4.51. The summed E-state index contributed by atoms with van der Waals surface area (Å²) in [5.41, 5.74) is 1.82. The summed E-state index contributed by atoms with van der Waals surface area (Å²) in [6, 6.07) is 7.94. The summed E-state index contributed by atoms with van der Waals surface area (Å²) in [5.74, 6) is 0.270. The Bertz CT molecular complexity index is 424. The third-order valence-corrected chi connectivity index (χ3v) is 4.48. The van der Waals surface area contributed by atoms with Crippen molar-refractivity contribution in [3.63, 3.8) is 0 Å². The maximum absolute atomic E-state index is 12.5. The van der Waals surface area contributed by atoms with Gasteiger partial charge < -0.3 is 0 Å². The van der Waals surface area contributed by atoms with Gasteiger partial charge in [0.2, 0.25) is 0 Å². The number of hydrogen-bond acceptors (Lipinski definition) is 1. The minimum atomic E-state index is -0.268. The molecule has 1 atom stereocenters. The number of carbonyl (C=O) groups is 1. The number of aryl methyl sites for hydroxylation is 1. The second-order valence-electron chi connectivity index (χ2n) is 4.39. The van der Waals surface area contributed by atoms with Crippen molar-refractivity contribution < 1.29 is 4.79 Å². The van der Waals surface area contributed by atoms with E-state index in [4.69, 9.17) is 0 Å². The predicted molar refractivity (Wildman–Crippen MR) is 70.1 cm³/mol. The van der Waals surface area contributed by atoms with Crippen LogP contribution in [-0.2, 0) is 6.42 Å². The largest absolute Gasteiger partial charge is 0.294 e. The first-order valence-corrected chi connectivity index (χ1v) is 6.65. The number of ketones is 1. The number of hydrogen-bond donors (Lipinski definition) is 0. The molecule has 1 nitrogen and oxygen atoms in total. The van der Waals surface area contributed by atoms with E-state index in [2.05, 4.69) is 28.6 Å². The maximum Gasteiger partial charge on any atom is 0.170 e. The highest BCUT2D eigenvalue weighted by Crippen LogP contribution is 2.39. The first-order valence-electron chi connectivity index (χ1n) is 5.53. The van der Waals surface area contributed by atoms with Crippen LogP contribution in [0.2, 0.25) is 0 Å². The van der Waals surface area contributed by atoms with Gasteiger partial charge in [0, 0.05) is 16.3 Å². The number of Topliss-reactive ketones (excluding diaryl/α,β-unsaturated/α-hetero) is 1. The molecule has 0 bridgehead atoms. The molecule has 0 heterocycles. The molecule has 0 saturated heterocycles. The molecule has 0 radical (unpaired) electrons. The van der Waals surface area contributed by atoms with E-state index < -0.39 is 0 Å². The number of allylic oxidation sites excluding steroid dienone is 1. The lowest BCUT2D eigenvalue weighted by Crippen LogP contribution is -2.37. The normalized spacial score (nSPS) is 23.9. The highest BCUT2D eigenvalue weighted by atomic mass is 79.9. The summed E-state index contributed by atoms with van der Waals surface area (Å²) in [6.45, 7) is 3.77. The number of fused-ring (bicyclic) bond motifs is 1. The van der Waals surface area contributed by atoms with Crippen LogP contribution < -0.4 is 0 Å². The van der Waals surface area contributed by atoms with E-state index in [9.17, 15) is 4.79 Å². The zero-order chi connectivity index (χ0) is 11.6. The zero-order valence-electron chi connectivity index (χ0n) is 9.21. The molecule has 1 aromatic rings. The molecule has 1 aliphatic carbocycles. The van der Waals surface area contributed by atoms with E-state index in [0.717, 1.165) is 30.2 Å². The molecule has 0 spiro atoms. The van der Waals surface area contributed by atoms with E-state index >= 15 is 0 Å². The number of benzene rings is 1. The highest BCUT2D eigenvalue weighted by Gasteiger charge is 2.40. The molecular formula is C14H15BrO. The van der Waals surface area contributed by atoms with Crippen molar-refractivity contribution in [3.05, 3.63) is 48.0 Å². The molecule has 1 aromatic carbocycles. The van der Waals surface area contributed by atoms with Crippen molar-refractivity contribution >= 4 is 21.7 Å². The molecule has 84 valence electrons. The van der Waals surface area contributed by atoms with Crippen LogP contribution in [0.15, 0.2) is 36.9 Å². The van der Waals surface area contributed by atoms with E-state index in [1.165, 1.54) is 5.56 Å². The Morgan fingerprint density at radius 2 is 2.19 bits per heavy atom. The van der Waals surface area contributed by atoms with Crippen LogP contribution in [0, 0.1) is 5.41 Å². The van der Waals surface area contributed by atoms with Crippen LogP contribution in [-0.4, -0.2) is 11.1 Å². The number of alkyl halides is 1. The lowest BCUT2D eigenvalue weighted by molar-refractivity contribution is 0.0797. The SMILES string of the molecule is C=CCC1(CBr)CCc2ccccc2C1=O. The quantitative estimate of drug-likeness (QED) is 0.608. The third kappa shape index (κ3) is 1.75. The van der Waals surface area contributed by atoms with E-state index in [1.807, 2.05) is 24.3 Å². The van der Waals surface area contributed by atoms with E-state index in [1.54, 1.807) is 0 Å². The minimum absolute atomic E-state index is 0.268. The smallest absolute Gasteiger partial charge is 0.170 e. The summed E-state index contributed by atoms with van der Waals surface area (Å²) in [7, 11) is 0. The van der Waals surface area contributed by atoms with E-state index in [0.29, 0.717) is 0 Å². The molecule has 0 saturated carbocycles. The molecular weight excluding hydrogens is 264 g/mol. The summed E-state index contributed by atoms with van der Waals surface area (Å²) in [5, 5.41) is 0.721. The zero-order valence-corrected chi connectivity index (χ0v) is 10.8. The van der Waals surface area contributed by atoms with Gasteiger partial charge in [-0.05, 0) is 24.8 Å². The van der Waals surface area contributed by atoms with Crippen LogP contribution in [0.5, 0.6) is 0 Å². The molecule has 2 heteroatoms. The van der Waals surface area contributed by atoms with Gasteiger partial charge in [-0.1, -0.05) is 46.3 Å². The summed E-state index contributed by atoms with van der Waals surface area (Å²) in [4.78, 5) is 12.5. The molecule has 16 heavy (non-hydrogen) atoms. The van der Waals surface area contributed by atoms with Crippen LogP contribution in [0.1, 0.15) is 28.8 Å². The molecule has 0 fully saturated rings. The first kappa shape index (κ1) is 11.6. The molecule has 2 rings (SSSR count). The molecule has 0 aliphatic heterocycles. The Morgan fingerprint density at radius 3 is 2.88 bits per heavy atom. The van der Waals surface area contributed by atoms with Gasteiger partial charge in [0.1, 0.15) is 0 Å². The predicted octanol–water partition coefficient (Wildman–Crippen LogP) is 3.77. The van der Waals surface area contributed by atoms with Crippen molar-refractivity contribution in [1.29, 1.82) is 0 Å². The fraction of sp³-hybridized carbons (Fsp3) is 0.357. The first-order chi connectivity index (χ1) is 7.73. The third-order valence-electron chi connectivity index (χ3n) is 3.41.